The van der Waals surface area contributed by atoms with Crippen LogP contribution < -0.4 is 5.32 Å². The lowest BCUT2D eigenvalue weighted by Gasteiger charge is -2.14. The standard InChI is InChI=1S/C14H19BrN6O3/c1-3-12(20-10(2)7-13(18-20)21(23)24)14(22)16-5-4-6-19-9-11(15)8-17-19/h7-9,12H,3-6H2,1-2H3,(H,16,22). The van der Waals surface area contributed by atoms with Crippen molar-refractivity contribution in [2.75, 3.05) is 6.54 Å². The van der Waals surface area contributed by atoms with E-state index in [1.54, 1.807) is 17.8 Å². The number of halogens is 1. The van der Waals surface area contributed by atoms with Crippen molar-refractivity contribution >= 4 is 27.7 Å². The molecule has 0 aromatic carbocycles. The predicted octanol–water partition coefficient (Wildman–Crippen LogP) is 2.22. The van der Waals surface area contributed by atoms with Gasteiger partial charge in [-0.25, -0.2) is 0 Å². The van der Waals surface area contributed by atoms with Crippen LogP contribution in [0.2, 0.25) is 0 Å². The zero-order valence-electron chi connectivity index (χ0n) is 13.5. The molecular weight excluding hydrogens is 380 g/mol. The molecular formula is C14H19BrN6O3. The Kier molecular flexibility index (Phi) is 6.07. The minimum Gasteiger partial charge on any atom is -0.358 e. The maximum Gasteiger partial charge on any atom is 0.390 e. The number of amides is 1. The van der Waals surface area contributed by atoms with Crippen LogP contribution in [0.4, 0.5) is 5.82 Å². The van der Waals surface area contributed by atoms with Gasteiger partial charge in [0.2, 0.25) is 5.91 Å². The van der Waals surface area contributed by atoms with Crippen molar-refractivity contribution < 1.29 is 9.72 Å². The summed E-state index contributed by atoms with van der Waals surface area (Å²) in [6, 6.07) is 0.809. The maximum absolute atomic E-state index is 12.3. The quantitative estimate of drug-likeness (QED) is 0.416. The number of nitro groups is 1. The highest BCUT2D eigenvalue weighted by molar-refractivity contribution is 9.10. The van der Waals surface area contributed by atoms with Crippen LogP contribution in [0, 0.1) is 17.0 Å². The molecule has 1 amide bonds. The van der Waals surface area contributed by atoms with Gasteiger partial charge in [0.15, 0.2) is 6.04 Å². The van der Waals surface area contributed by atoms with E-state index in [9.17, 15) is 14.9 Å². The molecule has 1 N–H and O–H groups in total. The van der Waals surface area contributed by atoms with Crippen LogP contribution in [-0.4, -0.2) is 36.9 Å². The third-order valence-electron chi connectivity index (χ3n) is 3.55. The Hall–Kier alpha value is -2.23. The average Bonchev–Trinajstić information content (AvgIpc) is 3.11. The molecule has 2 aromatic rings. The lowest BCUT2D eigenvalue weighted by molar-refractivity contribution is -0.389. The fourth-order valence-corrected chi connectivity index (χ4v) is 2.70. The monoisotopic (exact) mass is 398 g/mol. The molecule has 0 radical (unpaired) electrons. The number of aromatic nitrogens is 4. The SMILES string of the molecule is CCC(C(=O)NCCCn1cc(Br)cn1)n1nc([N+](=O)[O-])cc1C. The Morgan fingerprint density at radius 2 is 2.29 bits per heavy atom. The molecule has 0 aliphatic carbocycles. The number of aryl methyl sites for hydroxylation is 2. The van der Waals surface area contributed by atoms with Gasteiger partial charge in [0, 0.05) is 19.3 Å². The minimum atomic E-state index is -0.559. The molecule has 9 nitrogen and oxygen atoms in total. The largest absolute Gasteiger partial charge is 0.390 e. The molecule has 0 fully saturated rings. The van der Waals surface area contributed by atoms with Crippen molar-refractivity contribution in [2.45, 2.75) is 39.3 Å². The van der Waals surface area contributed by atoms with Gasteiger partial charge in [-0.05, 0) is 40.6 Å². The Morgan fingerprint density at radius 3 is 2.83 bits per heavy atom. The van der Waals surface area contributed by atoms with E-state index in [0.717, 1.165) is 10.9 Å². The van der Waals surface area contributed by atoms with Crippen molar-refractivity contribution in [2.24, 2.45) is 0 Å². The second-order valence-electron chi connectivity index (χ2n) is 5.34. The Bertz CT molecular complexity index is 726. The van der Waals surface area contributed by atoms with Crippen molar-refractivity contribution in [1.82, 2.24) is 24.9 Å². The first-order valence-corrected chi connectivity index (χ1v) is 8.38. The second-order valence-corrected chi connectivity index (χ2v) is 6.25. The molecule has 1 atom stereocenters. The third-order valence-corrected chi connectivity index (χ3v) is 3.96. The molecule has 2 heterocycles. The van der Waals surface area contributed by atoms with Crippen LogP contribution >= 0.6 is 15.9 Å². The molecule has 0 saturated carbocycles. The van der Waals surface area contributed by atoms with Crippen molar-refractivity contribution in [3.05, 3.63) is 38.7 Å². The van der Waals surface area contributed by atoms with E-state index in [4.69, 9.17) is 0 Å². The van der Waals surface area contributed by atoms with E-state index in [1.807, 2.05) is 13.1 Å². The molecule has 0 aliphatic heterocycles. The molecule has 0 bridgehead atoms. The van der Waals surface area contributed by atoms with Crippen LogP contribution in [0.5, 0.6) is 0 Å². The number of hydrogen-bond acceptors (Lipinski definition) is 5. The Labute approximate surface area is 147 Å². The fourth-order valence-electron chi connectivity index (χ4n) is 2.38. The maximum atomic E-state index is 12.3. The van der Waals surface area contributed by atoms with Gasteiger partial charge < -0.3 is 15.4 Å². The second kappa shape index (κ2) is 8.04. The summed E-state index contributed by atoms with van der Waals surface area (Å²) in [7, 11) is 0. The summed E-state index contributed by atoms with van der Waals surface area (Å²) in [5.74, 6) is -0.441. The van der Waals surface area contributed by atoms with Crippen molar-refractivity contribution in [3.63, 3.8) is 0 Å². The molecule has 10 heteroatoms. The van der Waals surface area contributed by atoms with Gasteiger partial charge in [-0.3, -0.25) is 9.48 Å². The zero-order chi connectivity index (χ0) is 17.7. The number of carbonyl (C=O) groups excluding carboxylic acids is 1. The summed E-state index contributed by atoms with van der Waals surface area (Å²) in [5.41, 5.74) is 0.588. The molecule has 130 valence electrons. The van der Waals surface area contributed by atoms with Gasteiger partial charge in [-0.2, -0.15) is 9.78 Å². The topological polar surface area (TPSA) is 108 Å². The summed E-state index contributed by atoms with van der Waals surface area (Å²) in [6.45, 7) is 4.73. The first kappa shape index (κ1) is 18.1. The van der Waals surface area contributed by atoms with Gasteiger partial charge in [0.1, 0.15) is 0 Å². The Balaban J connectivity index is 1.90. The molecule has 1 unspecified atom stereocenters. The lowest BCUT2D eigenvalue weighted by Crippen LogP contribution is -2.34. The van der Waals surface area contributed by atoms with Gasteiger partial charge in [0.25, 0.3) is 0 Å². The van der Waals surface area contributed by atoms with Crippen molar-refractivity contribution in [3.8, 4) is 0 Å². The zero-order valence-corrected chi connectivity index (χ0v) is 15.1. The molecule has 24 heavy (non-hydrogen) atoms. The van der Waals surface area contributed by atoms with E-state index in [2.05, 4.69) is 31.4 Å². The number of nitrogens with one attached hydrogen (secondary N) is 1. The first-order chi connectivity index (χ1) is 11.4. The predicted molar refractivity (Wildman–Crippen MR) is 90.5 cm³/mol. The summed E-state index contributed by atoms with van der Waals surface area (Å²) >= 11 is 3.33. The lowest BCUT2D eigenvalue weighted by atomic mass is 10.2. The van der Waals surface area contributed by atoms with Crippen LogP contribution in [0.15, 0.2) is 22.9 Å². The van der Waals surface area contributed by atoms with Crippen molar-refractivity contribution in [1.29, 1.82) is 0 Å². The molecule has 0 aliphatic rings. The van der Waals surface area contributed by atoms with Crippen LogP contribution in [0.25, 0.3) is 0 Å². The van der Waals surface area contributed by atoms with Gasteiger partial charge in [-0.1, -0.05) is 6.92 Å². The highest BCUT2D eigenvalue weighted by Crippen LogP contribution is 2.18. The highest BCUT2D eigenvalue weighted by Gasteiger charge is 2.26. The first-order valence-electron chi connectivity index (χ1n) is 7.58. The van der Waals surface area contributed by atoms with Crippen LogP contribution in [-0.2, 0) is 11.3 Å². The summed E-state index contributed by atoms with van der Waals surface area (Å²) in [5, 5.41) is 21.7. The van der Waals surface area contributed by atoms with Crippen LogP contribution in [0.1, 0.15) is 31.5 Å². The molecule has 2 aromatic heterocycles. The van der Waals surface area contributed by atoms with E-state index in [-0.39, 0.29) is 11.7 Å². The highest BCUT2D eigenvalue weighted by atomic mass is 79.9. The molecule has 0 saturated heterocycles. The normalized spacial score (nSPS) is 12.1. The smallest absolute Gasteiger partial charge is 0.358 e. The van der Waals surface area contributed by atoms with E-state index in [0.29, 0.717) is 25.2 Å². The minimum absolute atomic E-state index is 0.194. The summed E-state index contributed by atoms with van der Waals surface area (Å²) in [4.78, 5) is 22.6. The van der Waals surface area contributed by atoms with E-state index in [1.165, 1.54) is 10.7 Å². The van der Waals surface area contributed by atoms with Gasteiger partial charge in [0.05, 0.1) is 27.5 Å². The van der Waals surface area contributed by atoms with Gasteiger partial charge in [-0.15, -0.1) is 0 Å². The van der Waals surface area contributed by atoms with Crippen LogP contribution in [0.3, 0.4) is 0 Å². The molecule has 0 spiro atoms. The fraction of sp³-hybridized carbons (Fsp3) is 0.500. The Morgan fingerprint density at radius 1 is 1.54 bits per heavy atom. The number of nitrogens with zero attached hydrogens (tertiary/aromatic N) is 5. The number of rotatable bonds is 8. The molecule has 2 rings (SSSR count). The number of carbonyl (C=O) groups is 1. The summed E-state index contributed by atoms with van der Waals surface area (Å²) in [6.07, 6.45) is 4.80. The third kappa shape index (κ3) is 4.40. The number of hydrogen-bond donors (Lipinski definition) is 1. The van der Waals surface area contributed by atoms with Gasteiger partial charge >= 0.3 is 5.82 Å². The average molecular weight is 399 g/mol. The summed E-state index contributed by atoms with van der Waals surface area (Å²) < 4.78 is 4.11. The van der Waals surface area contributed by atoms with E-state index < -0.39 is 11.0 Å². The van der Waals surface area contributed by atoms with E-state index >= 15 is 0 Å².